The summed E-state index contributed by atoms with van der Waals surface area (Å²) in [6.45, 7) is 10.9. The van der Waals surface area contributed by atoms with E-state index in [0.29, 0.717) is 13.3 Å². The van der Waals surface area contributed by atoms with E-state index < -0.39 is 97.4 Å². The van der Waals surface area contributed by atoms with Crippen molar-refractivity contribution in [3.8, 4) is 0 Å². The minimum Gasteiger partial charge on any atom is -0.477 e. The van der Waals surface area contributed by atoms with Gasteiger partial charge in [0.15, 0.2) is 6.10 Å². The van der Waals surface area contributed by atoms with Crippen molar-refractivity contribution in [2.75, 3.05) is 21.1 Å². The first-order valence-electron chi connectivity index (χ1n) is 15.7. The van der Waals surface area contributed by atoms with Gasteiger partial charge in [0.25, 0.3) is 0 Å². The number of aliphatic carboxylic acids is 1. The lowest BCUT2D eigenvalue weighted by molar-refractivity contribution is -0.156. The highest BCUT2D eigenvalue weighted by molar-refractivity contribution is 8.57. The summed E-state index contributed by atoms with van der Waals surface area (Å²) in [6.07, 6.45) is -3.66. The second kappa shape index (κ2) is 13.8. The number of esters is 1. The van der Waals surface area contributed by atoms with Crippen LogP contribution in [0.25, 0.3) is 4.91 Å². The predicted octanol–water partition coefficient (Wildman–Crippen LogP) is 6.00. The number of alkyl halides is 1. The number of likely N-dealkylation sites (N-methyl/N-ethyl adjacent to an activating group) is 2. The van der Waals surface area contributed by atoms with Crippen molar-refractivity contribution in [1.82, 2.24) is 20.4 Å². The zero-order chi connectivity index (χ0) is 37.2. The highest BCUT2D eigenvalue weighted by Gasteiger charge is 2.89. The molecular formula is C32H49F5N4O6S. The maximum atomic E-state index is 17.0. The van der Waals surface area contributed by atoms with Crippen LogP contribution >= 0.6 is 9.84 Å². The highest BCUT2D eigenvalue weighted by atomic mass is 32.5. The first kappa shape index (κ1) is 40.8. The molecule has 1 aliphatic rings. The Morgan fingerprint density at radius 2 is 1.52 bits per heavy atom. The van der Waals surface area contributed by atoms with Crippen molar-refractivity contribution in [2.24, 2.45) is 17.8 Å². The Morgan fingerprint density at radius 3 is 1.94 bits per heavy atom. The van der Waals surface area contributed by atoms with Crippen LogP contribution in [-0.4, -0.2) is 89.2 Å². The Labute approximate surface area is 278 Å². The van der Waals surface area contributed by atoms with Crippen molar-refractivity contribution in [2.45, 2.75) is 90.7 Å². The second-order valence-corrected chi connectivity index (χ2v) is 16.5. The number of benzene rings is 1. The fourth-order valence-electron chi connectivity index (χ4n) is 6.16. The van der Waals surface area contributed by atoms with Crippen LogP contribution in [0.2, 0.25) is 0 Å². The van der Waals surface area contributed by atoms with Gasteiger partial charge in [-0.1, -0.05) is 78.3 Å². The van der Waals surface area contributed by atoms with Crippen LogP contribution in [0.4, 0.5) is 19.9 Å². The second-order valence-electron chi connectivity index (χ2n) is 13.3. The van der Waals surface area contributed by atoms with Gasteiger partial charge in [-0.25, -0.2) is 4.79 Å². The summed E-state index contributed by atoms with van der Waals surface area (Å²) in [5.74, 6) is -6.18. The topological polar surface area (TPSA) is 128 Å². The Hall–Kier alpha value is -3.40. The van der Waals surface area contributed by atoms with E-state index in [2.05, 4.69) is 5.32 Å². The third-order valence-corrected chi connectivity index (χ3v) is 11.6. The summed E-state index contributed by atoms with van der Waals surface area (Å²) in [7, 11) is -5.74. The molecule has 0 bridgehead atoms. The number of hydrogen-bond donors (Lipinski definition) is 3. The van der Waals surface area contributed by atoms with Crippen LogP contribution < -0.4 is 10.6 Å². The van der Waals surface area contributed by atoms with Crippen molar-refractivity contribution in [3.05, 3.63) is 41.6 Å². The number of hydrogen-bond acceptors (Lipinski definition) is 7. The molecule has 0 spiro atoms. The molecule has 1 aromatic rings. The van der Waals surface area contributed by atoms with Crippen LogP contribution in [0.3, 0.4) is 0 Å². The Morgan fingerprint density at radius 1 is 0.979 bits per heavy atom. The summed E-state index contributed by atoms with van der Waals surface area (Å²) in [6, 6.07) is 2.00. The molecule has 0 fully saturated rings. The van der Waals surface area contributed by atoms with E-state index in [1.54, 1.807) is 32.8 Å². The fourth-order valence-corrected chi connectivity index (χ4v) is 8.60. The first-order chi connectivity index (χ1) is 21.8. The maximum absolute atomic E-state index is 17.0. The third kappa shape index (κ3) is 7.58. The molecule has 1 heterocycles. The average Bonchev–Trinajstić information content (AvgIpc) is 3.11. The molecule has 48 heavy (non-hydrogen) atoms. The van der Waals surface area contributed by atoms with E-state index >= 15 is 19.9 Å². The van der Waals surface area contributed by atoms with Gasteiger partial charge in [-0.2, -0.15) is 4.39 Å². The van der Waals surface area contributed by atoms with Gasteiger partial charge in [-0.15, -0.1) is 15.5 Å². The van der Waals surface area contributed by atoms with Gasteiger partial charge in [0.1, 0.15) is 16.6 Å². The number of rotatable bonds is 15. The minimum atomic E-state index is -10.4. The zero-order valence-electron chi connectivity index (χ0n) is 29.0. The van der Waals surface area contributed by atoms with E-state index in [9.17, 15) is 24.3 Å². The number of nitrogens with one attached hydrogen (secondary N) is 2. The SMILES string of the molecule is CC[C@H](C)[C@H](NC(=O)[C@H](C(C)C)N(C)C)C(=O)N(C)[C@H](C[C@@H](OC(C)=O)C1(F)NC(C(=O)O)=C(c2ccccc2)S1(F)(F)(F)F)C(C)C. The molecule has 2 rings (SSSR count). The number of halogens is 5. The van der Waals surface area contributed by atoms with Gasteiger partial charge < -0.3 is 25.4 Å². The first-order valence-corrected chi connectivity index (χ1v) is 17.7. The molecule has 1 unspecified atom stereocenters. The van der Waals surface area contributed by atoms with Crippen LogP contribution in [0.15, 0.2) is 36.0 Å². The lowest BCUT2D eigenvalue weighted by atomic mass is 9.92. The van der Waals surface area contributed by atoms with Crippen molar-refractivity contribution < 1.29 is 49.0 Å². The molecule has 0 saturated heterocycles. The molecule has 0 aliphatic carbocycles. The number of ether oxygens (including phenoxy) is 1. The van der Waals surface area contributed by atoms with E-state index in [1.165, 1.54) is 32.3 Å². The minimum absolute atomic E-state index is 0.144. The molecule has 1 aromatic carbocycles. The van der Waals surface area contributed by atoms with Crippen LogP contribution in [0.5, 0.6) is 0 Å². The van der Waals surface area contributed by atoms with Crippen molar-refractivity contribution in [1.29, 1.82) is 0 Å². The molecule has 0 radical (unpaired) electrons. The molecule has 0 saturated carbocycles. The number of amides is 2. The van der Waals surface area contributed by atoms with E-state index in [4.69, 9.17) is 4.74 Å². The molecule has 10 nitrogen and oxygen atoms in total. The molecule has 0 aromatic heterocycles. The number of nitrogens with zero attached hydrogens (tertiary/aromatic N) is 2. The fraction of sp³-hybridized carbons (Fsp3) is 0.625. The standard InChI is InChI=1S/C32H49F5N4O6S/c1-11-20(6)25(38-29(43)27(19(4)5)40(8)9)30(44)41(10)23(18(2)3)17-24(47-21(7)42)32(33)39-26(31(45)46)28(48(32,34,35,36)37)22-15-13-12-14-16-22/h12-16,18-20,23-25,27,39H,11,17H2,1-10H3,(H,38,43)(H,45,46)/t20-,23+,24+,25-,27-,32?/m0/s1. The lowest BCUT2D eigenvalue weighted by Crippen LogP contribution is -2.61. The smallest absolute Gasteiger partial charge is 0.353 e. The third-order valence-electron chi connectivity index (χ3n) is 8.81. The molecule has 274 valence electrons. The molecular weight excluding hydrogens is 663 g/mol. The van der Waals surface area contributed by atoms with E-state index in [0.717, 1.165) is 29.2 Å². The molecule has 3 N–H and O–H groups in total. The molecule has 6 atom stereocenters. The summed E-state index contributed by atoms with van der Waals surface area (Å²) in [4.78, 5) is 52.0. The van der Waals surface area contributed by atoms with Gasteiger partial charge in [-0.3, -0.25) is 19.3 Å². The summed E-state index contributed by atoms with van der Waals surface area (Å²) < 4.78 is 87.3. The zero-order valence-corrected chi connectivity index (χ0v) is 29.8. The molecule has 16 heteroatoms. The lowest BCUT2D eigenvalue weighted by Gasteiger charge is -2.57. The largest absolute Gasteiger partial charge is 0.477 e. The summed E-state index contributed by atoms with van der Waals surface area (Å²) >= 11 is 0. The van der Waals surface area contributed by atoms with Crippen molar-refractivity contribution >= 4 is 38.5 Å². The maximum Gasteiger partial charge on any atom is 0.353 e. The van der Waals surface area contributed by atoms with E-state index in [-0.39, 0.29) is 5.92 Å². The van der Waals surface area contributed by atoms with Crippen LogP contribution in [-0.2, 0) is 23.9 Å². The Bertz CT molecular complexity index is 1410. The number of carboxylic acid groups (broad SMARTS) is 1. The number of carbonyl (C=O) groups is 4. The summed E-state index contributed by atoms with van der Waals surface area (Å²) in [5.41, 5.74) is -2.74. The quantitative estimate of drug-likeness (QED) is 0.115. The van der Waals surface area contributed by atoms with Gasteiger partial charge in [-0.05, 0) is 37.4 Å². The normalized spacial score (nSPS) is 24.2. The van der Waals surface area contributed by atoms with Gasteiger partial charge >= 0.3 is 17.1 Å². The van der Waals surface area contributed by atoms with E-state index in [1.807, 2.05) is 13.8 Å². The highest BCUT2D eigenvalue weighted by Crippen LogP contribution is 3.09. The monoisotopic (exact) mass is 712 g/mol. The number of carboxylic acids is 1. The number of carbonyl (C=O) groups excluding carboxylic acids is 3. The van der Waals surface area contributed by atoms with Crippen LogP contribution in [0.1, 0.15) is 66.9 Å². The van der Waals surface area contributed by atoms with Gasteiger partial charge in [0, 0.05) is 26.4 Å². The molecule has 1 aliphatic heterocycles. The van der Waals surface area contributed by atoms with Gasteiger partial charge in [0.05, 0.1) is 6.04 Å². The Balaban J connectivity index is 2.68. The van der Waals surface area contributed by atoms with Crippen LogP contribution in [0, 0.1) is 17.8 Å². The van der Waals surface area contributed by atoms with Crippen molar-refractivity contribution in [3.63, 3.8) is 0 Å². The average molecular weight is 713 g/mol. The van der Waals surface area contributed by atoms with Gasteiger partial charge in [0.2, 0.25) is 21.7 Å². The Kier molecular flexibility index (Phi) is 11.8. The predicted molar refractivity (Wildman–Crippen MR) is 175 cm³/mol. The summed E-state index contributed by atoms with van der Waals surface area (Å²) in [5, 5.41) is 8.50. The molecule has 2 amide bonds.